The number of nitrogens with one attached hydrogen (secondary N) is 1. The van der Waals surface area contributed by atoms with Crippen molar-refractivity contribution in [3.8, 4) is 0 Å². The predicted octanol–water partition coefficient (Wildman–Crippen LogP) is 1.32. The number of hydrogen-bond donors (Lipinski definition) is 2. The maximum atomic E-state index is 11.1. The molecule has 0 aromatic heterocycles. The third-order valence-corrected chi connectivity index (χ3v) is 4.11. The van der Waals surface area contributed by atoms with Crippen molar-refractivity contribution < 1.29 is 9.90 Å². The molecule has 2 fully saturated rings. The Bertz CT molecular complexity index is 250. The van der Waals surface area contributed by atoms with Crippen LogP contribution in [0.3, 0.4) is 0 Å². The topological polar surface area (TPSA) is 52.6 Å². The summed E-state index contributed by atoms with van der Waals surface area (Å²) in [4.78, 5) is 13.6. The molecule has 98 valence electrons. The number of carboxylic acid groups (broad SMARTS) is 1. The van der Waals surface area contributed by atoms with E-state index >= 15 is 0 Å². The van der Waals surface area contributed by atoms with E-state index in [1.54, 1.807) is 0 Å². The van der Waals surface area contributed by atoms with Crippen LogP contribution in [-0.2, 0) is 4.79 Å². The Labute approximate surface area is 103 Å². The van der Waals surface area contributed by atoms with Crippen molar-refractivity contribution in [2.24, 2.45) is 5.92 Å². The molecule has 4 heteroatoms. The van der Waals surface area contributed by atoms with Crippen LogP contribution in [0.15, 0.2) is 0 Å². The second-order valence-electron chi connectivity index (χ2n) is 5.38. The van der Waals surface area contributed by atoms with Crippen LogP contribution in [0.1, 0.15) is 38.5 Å². The Morgan fingerprint density at radius 3 is 2.53 bits per heavy atom. The van der Waals surface area contributed by atoms with E-state index in [2.05, 4.69) is 10.2 Å². The molecule has 2 rings (SSSR count). The van der Waals surface area contributed by atoms with E-state index in [4.69, 9.17) is 5.11 Å². The van der Waals surface area contributed by atoms with Crippen LogP contribution >= 0.6 is 0 Å². The fourth-order valence-corrected chi connectivity index (χ4v) is 3.06. The minimum Gasteiger partial charge on any atom is -0.481 e. The molecule has 0 bridgehead atoms. The summed E-state index contributed by atoms with van der Waals surface area (Å²) in [6.07, 6.45) is 7.84. The standard InChI is InChI=1S/C13H24N2O2/c16-13(17)11-9-14-7-8-15(10-11)12-5-3-1-2-4-6-12/h11-12,14H,1-10H2,(H,16,17). The Morgan fingerprint density at radius 1 is 1.18 bits per heavy atom. The third kappa shape index (κ3) is 3.68. The van der Waals surface area contributed by atoms with Crippen molar-refractivity contribution in [2.75, 3.05) is 26.2 Å². The molecule has 2 N–H and O–H groups in total. The Balaban J connectivity index is 1.94. The van der Waals surface area contributed by atoms with E-state index in [1.165, 1.54) is 38.5 Å². The summed E-state index contributed by atoms with van der Waals surface area (Å²) in [5.41, 5.74) is 0. The number of nitrogens with zero attached hydrogens (tertiary/aromatic N) is 1. The van der Waals surface area contributed by atoms with Crippen LogP contribution in [-0.4, -0.2) is 48.2 Å². The zero-order chi connectivity index (χ0) is 12.1. The van der Waals surface area contributed by atoms with E-state index in [1.807, 2.05) is 0 Å². The summed E-state index contributed by atoms with van der Waals surface area (Å²) in [6, 6.07) is 0.624. The number of carboxylic acids is 1. The zero-order valence-corrected chi connectivity index (χ0v) is 10.5. The lowest BCUT2D eigenvalue weighted by molar-refractivity contribution is -0.142. The maximum absolute atomic E-state index is 11.1. The summed E-state index contributed by atoms with van der Waals surface area (Å²) in [5, 5.41) is 12.4. The van der Waals surface area contributed by atoms with Gasteiger partial charge < -0.3 is 10.4 Å². The molecule has 0 amide bonds. The van der Waals surface area contributed by atoms with E-state index in [9.17, 15) is 4.79 Å². The molecular weight excluding hydrogens is 216 g/mol. The summed E-state index contributed by atoms with van der Waals surface area (Å²) < 4.78 is 0. The molecule has 1 aliphatic carbocycles. The van der Waals surface area contributed by atoms with Crippen molar-refractivity contribution in [2.45, 2.75) is 44.6 Å². The van der Waals surface area contributed by atoms with Crippen molar-refractivity contribution in [3.05, 3.63) is 0 Å². The highest BCUT2D eigenvalue weighted by atomic mass is 16.4. The molecule has 1 saturated carbocycles. The quantitative estimate of drug-likeness (QED) is 0.715. The van der Waals surface area contributed by atoms with Gasteiger partial charge in [0.2, 0.25) is 0 Å². The lowest BCUT2D eigenvalue weighted by Crippen LogP contribution is -2.40. The molecule has 1 unspecified atom stereocenters. The predicted molar refractivity (Wildman–Crippen MR) is 67.1 cm³/mol. The first-order chi connectivity index (χ1) is 8.27. The van der Waals surface area contributed by atoms with Gasteiger partial charge in [-0.3, -0.25) is 9.69 Å². The monoisotopic (exact) mass is 240 g/mol. The smallest absolute Gasteiger partial charge is 0.309 e. The van der Waals surface area contributed by atoms with E-state index in [-0.39, 0.29) is 5.92 Å². The van der Waals surface area contributed by atoms with Crippen molar-refractivity contribution in [1.82, 2.24) is 10.2 Å². The average molecular weight is 240 g/mol. The molecule has 1 aliphatic heterocycles. The van der Waals surface area contributed by atoms with Crippen molar-refractivity contribution in [1.29, 1.82) is 0 Å². The highest BCUT2D eigenvalue weighted by molar-refractivity contribution is 5.70. The normalized spacial score (nSPS) is 29.5. The summed E-state index contributed by atoms with van der Waals surface area (Å²) >= 11 is 0. The largest absolute Gasteiger partial charge is 0.481 e. The maximum Gasteiger partial charge on any atom is 0.309 e. The molecule has 17 heavy (non-hydrogen) atoms. The first-order valence-corrected chi connectivity index (χ1v) is 6.95. The van der Waals surface area contributed by atoms with Crippen LogP contribution in [0.4, 0.5) is 0 Å². The lowest BCUT2D eigenvalue weighted by atomic mass is 10.0. The second kappa shape index (κ2) is 6.36. The van der Waals surface area contributed by atoms with Crippen LogP contribution in [0.5, 0.6) is 0 Å². The van der Waals surface area contributed by atoms with Crippen molar-refractivity contribution >= 4 is 5.97 Å². The summed E-state index contributed by atoms with van der Waals surface area (Å²) in [6.45, 7) is 3.29. The van der Waals surface area contributed by atoms with Gasteiger partial charge in [-0.25, -0.2) is 0 Å². The van der Waals surface area contributed by atoms with Crippen LogP contribution < -0.4 is 5.32 Å². The fraction of sp³-hybridized carbons (Fsp3) is 0.923. The molecule has 1 saturated heterocycles. The number of rotatable bonds is 2. The molecule has 0 radical (unpaired) electrons. The Kier molecular flexibility index (Phi) is 4.80. The molecule has 1 atom stereocenters. The van der Waals surface area contributed by atoms with Gasteiger partial charge in [0.05, 0.1) is 5.92 Å². The van der Waals surface area contributed by atoms with Gasteiger partial charge >= 0.3 is 5.97 Å². The van der Waals surface area contributed by atoms with Crippen LogP contribution in [0, 0.1) is 5.92 Å². The number of hydrogen-bond acceptors (Lipinski definition) is 3. The highest BCUT2D eigenvalue weighted by Crippen LogP contribution is 2.23. The van der Waals surface area contributed by atoms with E-state index < -0.39 is 5.97 Å². The molecular formula is C13H24N2O2. The molecule has 4 nitrogen and oxygen atoms in total. The zero-order valence-electron chi connectivity index (χ0n) is 10.5. The SMILES string of the molecule is O=C(O)C1CNCCN(C2CCCCCC2)C1. The second-order valence-corrected chi connectivity index (χ2v) is 5.38. The lowest BCUT2D eigenvalue weighted by Gasteiger charge is -2.30. The van der Waals surface area contributed by atoms with Crippen LogP contribution in [0.25, 0.3) is 0 Å². The highest BCUT2D eigenvalue weighted by Gasteiger charge is 2.28. The van der Waals surface area contributed by atoms with Gasteiger partial charge in [0.1, 0.15) is 0 Å². The molecule has 0 aromatic rings. The first-order valence-electron chi connectivity index (χ1n) is 6.95. The molecule has 0 spiro atoms. The minimum atomic E-state index is -0.655. The summed E-state index contributed by atoms with van der Waals surface area (Å²) in [7, 11) is 0. The first kappa shape index (κ1) is 12.8. The number of carbonyl (C=O) groups is 1. The van der Waals surface area contributed by atoms with Gasteiger partial charge in [-0.2, -0.15) is 0 Å². The number of aliphatic carboxylic acids is 1. The molecule has 2 aliphatic rings. The van der Waals surface area contributed by atoms with Gasteiger partial charge in [-0.05, 0) is 12.8 Å². The van der Waals surface area contributed by atoms with E-state index in [0.29, 0.717) is 12.6 Å². The summed E-state index contributed by atoms with van der Waals surface area (Å²) in [5.74, 6) is -0.890. The Morgan fingerprint density at radius 2 is 1.88 bits per heavy atom. The van der Waals surface area contributed by atoms with Gasteiger partial charge in [-0.1, -0.05) is 25.7 Å². The van der Waals surface area contributed by atoms with Crippen LogP contribution in [0.2, 0.25) is 0 Å². The average Bonchev–Trinajstić information content (AvgIpc) is 2.71. The molecule has 0 aromatic carbocycles. The van der Waals surface area contributed by atoms with Crippen molar-refractivity contribution in [3.63, 3.8) is 0 Å². The van der Waals surface area contributed by atoms with Gasteiger partial charge in [0.15, 0.2) is 0 Å². The van der Waals surface area contributed by atoms with Gasteiger partial charge in [0, 0.05) is 32.2 Å². The van der Waals surface area contributed by atoms with E-state index in [0.717, 1.165) is 19.6 Å². The fourth-order valence-electron chi connectivity index (χ4n) is 3.06. The Hall–Kier alpha value is -0.610. The molecule has 1 heterocycles. The third-order valence-electron chi connectivity index (χ3n) is 4.11. The van der Waals surface area contributed by atoms with Gasteiger partial charge in [0.25, 0.3) is 0 Å². The van der Waals surface area contributed by atoms with Gasteiger partial charge in [-0.15, -0.1) is 0 Å². The minimum absolute atomic E-state index is 0.235.